The van der Waals surface area contributed by atoms with Crippen molar-refractivity contribution in [2.24, 2.45) is 0 Å². The third kappa shape index (κ3) is 5.34. The third-order valence-corrected chi connectivity index (χ3v) is 7.05. The standard InChI is InChI=1S/C26H34F3N3/c1-17(2)21-10-19-5-8-31(14-23(19)24(27)12-21)7-4-18(3)22-11-20-6-9-32(16-26(28)29)15-25(20)30-13-22/h10-13,17-18,26H,4-9,14-16H2,1-3H3. The van der Waals surface area contributed by atoms with Gasteiger partial charge in [0.2, 0.25) is 0 Å². The van der Waals surface area contributed by atoms with Crippen molar-refractivity contribution in [3.05, 3.63) is 63.7 Å². The summed E-state index contributed by atoms with van der Waals surface area (Å²) < 4.78 is 40.0. The van der Waals surface area contributed by atoms with Gasteiger partial charge in [-0.2, -0.15) is 0 Å². The number of fused-ring (bicyclic) bond motifs is 2. The maximum atomic E-state index is 14.7. The van der Waals surface area contributed by atoms with Crippen LogP contribution < -0.4 is 0 Å². The number of benzene rings is 1. The molecule has 2 aromatic rings. The molecule has 1 atom stereocenters. The minimum absolute atomic E-state index is 0.0660. The first kappa shape index (κ1) is 23.2. The summed E-state index contributed by atoms with van der Waals surface area (Å²) in [5, 5.41) is 0. The molecule has 32 heavy (non-hydrogen) atoms. The Hall–Kier alpha value is -1.92. The molecule has 0 N–H and O–H groups in total. The minimum Gasteiger partial charge on any atom is -0.299 e. The second-order valence-electron chi connectivity index (χ2n) is 9.76. The molecule has 3 heterocycles. The van der Waals surface area contributed by atoms with E-state index in [9.17, 15) is 13.2 Å². The Labute approximate surface area is 189 Å². The molecule has 0 saturated carbocycles. The molecule has 0 saturated heterocycles. The first-order valence-electron chi connectivity index (χ1n) is 11.8. The molecule has 0 fully saturated rings. The van der Waals surface area contributed by atoms with Gasteiger partial charge in [0.15, 0.2) is 0 Å². The summed E-state index contributed by atoms with van der Waals surface area (Å²) in [5.41, 5.74) is 6.43. The third-order valence-electron chi connectivity index (χ3n) is 7.05. The highest BCUT2D eigenvalue weighted by Gasteiger charge is 2.23. The lowest BCUT2D eigenvalue weighted by Crippen LogP contribution is -2.35. The van der Waals surface area contributed by atoms with Gasteiger partial charge in [-0.25, -0.2) is 13.2 Å². The summed E-state index contributed by atoms with van der Waals surface area (Å²) in [6.07, 6.45) is 2.27. The van der Waals surface area contributed by atoms with Crippen LogP contribution in [0.4, 0.5) is 13.2 Å². The smallest absolute Gasteiger partial charge is 0.251 e. The van der Waals surface area contributed by atoms with Crippen LogP contribution in [0.5, 0.6) is 0 Å². The predicted octanol–water partition coefficient (Wildman–Crippen LogP) is 5.52. The number of aromatic nitrogens is 1. The fourth-order valence-electron chi connectivity index (χ4n) is 4.87. The molecule has 0 aliphatic carbocycles. The summed E-state index contributed by atoms with van der Waals surface area (Å²) in [6.45, 7) is 9.96. The second kappa shape index (κ2) is 9.92. The maximum absolute atomic E-state index is 14.7. The first-order valence-corrected chi connectivity index (χ1v) is 11.8. The minimum atomic E-state index is -2.30. The van der Waals surface area contributed by atoms with Crippen LogP contribution in [0.2, 0.25) is 0 Å². The Morgan fingerprint density at radius 2 is 1.66 bits per heavy atom. The Balaban J connectivity index is 1.34. The van der Waals surface area contributed by atoms with E-state index in [1.165, 1.54) is 11.1 Å². The summed E-state index contributed by atoms with van der Waals surface area (Å²) in [6, 6.07) is 6.10. The van der Waals surface area contributed by atoms with Crippen LogP contribution in [-0.2, 0) is 25.9 Å². The Kier molecular flexibility index (Phi) is 7.21. The van der Waals surface area contributed by atoms with Gasteiger partial charge in [-0.05, 0) is 66.0 Å². The Bertz CT molecular complexity index is 944. The van der Waals surface area contributed by atoms with Crippen molar-refractivity contribution in [1.82, 2.24) is 14.8 Å². The van der Waals surface area contributed by atoms with E-state index in [4.69, 9.17) is 0 Å². The molecule has 4 rings (SSSR count). The van der Waals surface area contributed by atoms with Gasteiger partial charge in [-0.15, -0.1) is 0 Å². The van der Waals surface area contributed by atoms with Crippen molar-refractivity contribution >= 4 is 0 Å². The molecule has 2 aliphatic heterocycles. The van der Waals surface area contributed by atoms with Crippen LogP contribution >= 0.6 is 0 Å². The van der Waals surface area contributed by atoms with Gasteiger partial charge in [-0.3, -0.25) is 14.8 Å². The molecule has 6 heteroatoms. The average Bonchev–Trinajstić information content (AvgIpc) is 2.76. The number of nitrogens with zero attached hydrogens (tertiary/aromatic N) is 3. The highest BCUT2D eigenvalue weighted by molar-refractivity contribution is 5.36. The number of hydrogen-bond acceptors (Lipinski definition) is 3. The molecule has 1 unspecified atom stereocenters. The maximum Gasteiger partial charge on any atom is 0.251 e. The van der Waals surface area contributed by atoms with Crippen LogP contribution in [0.1, 0.15) is 72.5 Å². The molecule has 1 aromatic heterocycles. The molecular formula is C26H34F3N3. The molecule has 2 aliphatic rings. The zero-order chi connectivity index (χ0) is 22.8. The molecule has 0 spiro atoms. The second-order valence-corrected chi connectivity index (χ2v) is 9.76. The van der Waals surface area contributed by atoms with E-state index in [2.05, 4.69) is 42.8 Å². The van der Waals surface area contributed by atoms with Crippen molar-refractivity contribution in [3.63, 3.8) is 0 Å². The number of pyridine rings is 1. The largest absolute Gasteiger partial charge is 0.299 e. The Morgan fingerprint density at radius 1 is 0.938 bits per heavy atom. The van der Waals surface area contributed by atoms with E-state index in [-0.39, 0.29) is 12.4 Å². The molecule has 1 aromatic carbocycles. The highest BCUT2D eigenvalue weighted by Crippen LogP contribution is 2.29. The van der Waals surface area contributed by atoms with Gasteiger partial charge in [0.05, 0.1) is 12.2 Å². The summed E-state index contributed by atoms with van der Waals surface area (Å²) in [5.74, 6) is 0.622. The quantitative estimate of drug-likeness (QED) is 0.560. The van der Waals surface area contributed by atoms with E-state index in [0.29, 0.717) is 31.5 Å². The summed E-state index contributed by atoms with van der Waals surface area (Å²) in [7, 11) is 0. The molecular weight excluding hydrogens is 411 g/mol. The lowest BCUT2D eigenvalue weighted by Gasteiger charge is -2.31. The van der Waals surface area contributed by atoms with Gasteiger partial charge in [0.25, 0.3) is 6.43 Å². The van der Waals surface area contributed by atoms with Crippen LogP contribution in [0.3, 0.4) is 0 Å². The molecule has 174 valence electrons. The van der Waals surface area contributed by atoms with Gasteiger partial charge in [0, 0.05) is 37.9 Å². The van der Waals surface area contributed by atoms with Gasteiger partial charge in [0.1, 0.15) is 5.82 Å². The number of hydrogen-bond donors (Lipinski definition) is 0. The van der Waals surface area contributed by atoms with Crippen molar-refractivity contribution in [2.45, 2.75) is 71.4 Å². The molecule has 0 radical (unpaired) electrons. The average molecular weight is 446 g/mol. The van der Waals surface area contributed by atoms with Gasteiger partial charge < -0.3 is 0 Å². The van der Waals surface area contributed by atoms with E-state index in [1.54, 1.807) is 11.0 Å². The van der Waals surface area contributed by atoms with E-state index in [0.717, 1.165) is 54.7 Å². The van der Waals surface area contributed by atoms with Crippen molar-refractivity contribution < 1.29 is 13.2 Å². The lowest BCUT2D eigenvalue weighted by atomic mass is 9.92. The fourth-order valence-corrected chi connectivity index (χ4v) is 4.87. The molecule has 3 nitrogen and oxygen atoms in total. The predicted molar refractivity (Wildman–Crippen MR) is 122 cm³/mol. The number of alkyl halides is 2. The van der Waals surface area contributed by atoms with Crippen LogP contribution in [0.15, 0.2) is 24.4 Å². The summed E-state index contributed by atoms with van der Waals surface area (Å²) in [4.78, 5) is 8.74. The van der Waals surface area contributed by atoms with Crippen LogP contribution in [0.25, 0.3) is 0 Å². The zero-order valence-electron chi connectivity index (χ0n) is 19.4. The van der Waals surface area contributed by atoms with Crippen LogP contribution in [0, 0.1) is 5.82 Å². The highest BCUT2D eigenvalue weighted by atomic mass is 19.3. The van der Waals surface area contributed by atoms with E-state index >= 15 is 0 Å². The Morgan fingerprint density at radius 3 is 2.41 bits per heavy atom. The van der Waals surface area contributed by atoms with Gasteiger partial charge >= 0.3 is 0 Å². The fraction of sp³-hybridized carbons (Fsp3) is 0.577. The SMILES string of the molecule is CC(C)c1cc(F)c2c(c1)CCN(CCC(C)c1cnc3c(c1)CCN(CC(F)F)C3)C2. The van der Waals surface area contributed by atoms with Crippen molar-refractivity contribution in [2.75, 3.05) is 26.2 Å². The zero-order valence-corrected chi connectivity index (χ0v) is 19.4. The molecule has 0 amide bonds. The van der Waals surface area contributed by atoms with E-state index in [1.807, 2.05) is 6.20 Å². The van der Waals surface area contributed by atoms with Crippen molar-refractivity contribution in [1.29, 1.82) is 0 Å². The molecule has 0 bridgehead atoms. The number of rotatable bonds is 7. The lowest BCUT2D eigenvalue weighted by molar-refractivity contribution is 0.0812. The van der Waals surface area contributed by atoms with Gasteiger partial charge in [-0.1, -0.05) is 32.9 Å². The normalized spacial score (nSPS) is 18.1. The van der Waals surface area contributed by atoms with E-state index < -0.39 is 6.43 Å². The summed E-state index contributed by atoms with van der Waals surface area (Å²) >= 11 is 0. The van der Waals surface area contributed by atoms with Crippen LogP contribution in [-0.4, -0.2) is 47.4 Å². The monoisotopic (exact) mass is 445 g/mol. The number of halogens is 3. The van der Waals surface area contributed by atoms with Crippen molar-refractivity contribution in [3.8, 4) is 0 Å². The first-order chi connectivity index (χ1) is 15.3. The topological polar surface area (TPSA) is 19.4 Å².